The zero-order valence-electron chi connectivity index (χ0n) is 35.4. The number of esters is 2. The zero-order chi connectivity index (χ0) is 40.0. The summed E-state index contributed by atoms with van der Waals surface area (Å²) in [5.41, 5.74) is 0. The molecule has 2 unspecified atom stereocenters. The van der Waals surface area contributed by atoms with Crippen LogP contribution in [0.5, 0.6) is 0 Å². The molecule has 0 heterocycles. The van der Waals surface area contributed by atoms with E-state index >= 15 is 0 Å². The Balaban J connectivity index is 4.38. The number of hydrogen-bond acceptors (Lipinski definition) is 6. The summed E-state index contributed by atoms with van der Waals surface area (Å²) in [7, 11) is 5.52. The van der Waals surface area contributed by atoms with Gasteiger partial charge in [0.1, 0.15) is 6.61 Å². The van der Waals surface area contributed by atoms with E-state index < -0.39 is 18.1 Å². The Morgan fingerprint density at radius 1 is 0.574 bits per heavy atom. The van der Waals surface area contributed by atoms with Gasteiger partial charge in [-0.2, -0.15) is 0 Å². The second kappa shape index (κ2) is 37.2. The summed E-state index contributed by atoms with van der Waals surface area (Å²) in [6, 6.07) is -0.617. The van der Waals surface area contributed by atoms with Crippen molar-refractivity contribution in [1.29, 1.82) is 0 Å². The quantitative estimate of drug-likeness (QED) is 0.0220. The number of allylic oxidation sites excluding steroid dienone is 8. The van der Waals surface area contributed by atoms with E-state index in [-0.39, 0.29) is 36.2 Å². The molecule has 0 aliphatic carbocycles. The molecule has 2 atom stereocenters. The smallest absolute Gasteiger partial charge is 0.362 e. The van der Waals surface area contributed by atoms with Crippen molar-refractivity contribution in [1.82, 2.24) is 0 Å². The summed E-state index contributed by atoms with van der Waals surface area (Å²) >= 11 is 0. The normalized spacial score (nSPS) is 13.4. The van der Waals surface area contributed by atoms with Crippen molar-refractivity contribution in [2.24, 2.45) is 0 Å². The van der Waals surface area contributed by atoms with Crippen LogP contribution in [0.1, 0.15) is 174 Å². The second-order valence-electron chi connectivity index (χ2n) is 15.6. The SMILES string of the molecule is CC/C=C/C=C/C=C/CCCCCCCCCC(=O)OC(COCCC(C(=O)O)[N+](C)(C)C)COC(=O)CCCCCCCCC/C=C/CCCCCC. The van der Waals surface area contributed by atoms with Crippen molar-refractivity contribution in [3.63, 3.8) is 0 Å². The summed E-state index contributed by atoms with van der Waals surface area (Å²) in [6.45, 7) is 4.57. The first kappa shape index (κ1) is 51.3. The fourth-order valence-corrected chi connectivity index (χ4v) is 6.14. The number of likely N-dealkylation sites (N-methyl/N-ethyl adjacent to an activating group) is 1. The minimum atomic E-state index is -0.879. The highest BCUT2D eigenvalue weighted by atomic mass is 16.6. The number of ether oxygens (including phenoxy) is 3. The van der Waals surface area contributed by atoms with Gasteiger partial charge in [-0.05, 0) is 57.8 Å². The lowest BCUT2D eigenvalue weighted by Crippen LogP contribution is -2.50. The van der Waals surface area contributed by atoms with Gasteiger partial charge in [0, 0.05) is 19.3 Å². The Morgan fingerprint density at radius 2 is 1.06 bits per heavy atom. The molecule has 312 valence electrons. The molecule has 0 saturated carbocycles. The molecule has 0 aliphatic rings. The van der Waals surface area contributed by atoms with Gasteiger partial charge in [0.2, 0.25) is 0 Å². The van der Waals surface area contributed by atoms with Gasteiger partial charge in [0.25, 0.3) is 0 Å². The summed E-state index contributed by atoms with van der Waals surface area (Å²) in [6.07, 6.45) is 42.9. The van der Waals surface area contributed by atoms with Crippen LogP contribution >= 0.6 is 0 Å². The lowest BCUT2D eigenvalue weighted by Gasteiger charge is -2.31. The van der Waals surface area contributed by atoms with Crippen molar-refractivity contribution in [3.05, 3.63) is 48.6 Å². The van der Waals surface area contributed by atoms with Crippen LogP contribution < -0.4 is 0 Å². The zero-order valence-corrected chi connectivity index (χ0v) is 35.4. The molecule has 0 spiro atoms. The second-order valence-corrected chi connectivity index (χ2v) is 15.6. The van der Waals surface area contributed by atoms with E-state index in [1.165, 1.54) is 83.5 Å². The maximum Gasteiger partial charge on any atom is 0.362 e. The number of hydrogen-bond donors (Lipinski definition) is 1. The number of unbranched alkanes of at least 4 members (excludes halogenated alkanes) is 18. The molecule has 0 aromatic heterocycles. The van der Waals surface area contributed by atoms with Gasteiger partial charge in [-0.3, -0.25) is 9.59 Å². The van der Waals surface area contributed by atoms with E-state index in [1.54, 1.807) is 0 Å². The highest BCUT2D eigenvalue weighted by Crippen LogP contribution is 2.14. The summed E-state index contributed by atoms with van der Waals surface area (Å²) < 4.78 is 17.3. The summed E-state index contributed by atoms with van der Waals surface area (Å²) in [5, 5.41) is 9.61. The Morgan fingerprint density at radius 3 is 1.57 bits per heavy atom. The Kier molecular flexibility index (Phi) is 35.4. The van der Waals surface area contributed by atoms with Crippen molar-refractivity contribution in [3.8, 4) is 0 Å². The number of quaternary nitrogens is 1. The van der Waals surface area contributed by atoms with Crippen molar-refractivity contribution >= 4 is 17.9 Å². The van der Waals surface area contributed by atoms with Crippen LogP contribution in [0.3, 0.4) is 0 Å². The Hall–Kier alpha value is -2.71. The average molecular weight is 761 g/mol. The van der Waals surface area contributed by atoms with E-state index in [0.717, 1.165) is 57.8 Å². The standard InChI is InChI=1S/C46H81NO7/c1-6-8-10-12-14-16-18-20-22-24-26-28-30-32-34-36-44(48)53-41-42(40-52-39-38-43(46(50)51)47(3,4)5)54-45(49)37-35-33-31-29-27-25-23-21-19-17-15-13-11-9-7-2/h9,11,13,15-19,42-43H,6-8,10,12,14,20-41H2,1-5H3/p+1/b11-9+,15-13+,18-16+,19-17+. The van der Waals surface area contributed by atoms with Crippen LogP contribution in [0.15, 0.2) is 48.6 Å². The van der Waals surface area contributed by atoms with Crippen LogP contribution in [-0.4, -0.2) is 80.6 Å². The minimum Gasteiger partial charge on any atom is -0.477 e. The molecule has 0 saturated heterocycles. The first-order valence-corrected chi connectivity index (χ1v) is 21.7. The number of carboxylic acid groups (broad SMARTS) is 1. The molecule has 1 N–H and O–H groups in total. The van der Waals surface area contributed by atoms with Crippen LogP contribution in [0.2, 0.25) is 0 Å². The van der Waals surface area contributed by atoms with E-state index in [1.807, 2.05) is 21.1 Å². The fourth-order valence-electron chi connectivity index (χ4n) is 6.14. The van der Waals surface area contributed by atoms with E-state index in [2.05, 4.69) is 62.5 Å². The molecular formula is C46H82NO7+. The molecule has 0 aliphatic heterocycles. The van der Waals surface area contributed by atoms with Crippen molar-refractivity contribution in [2.75, 3.05) is 41.0 Å². The fraction of sp³-hybridized carbons (Fsp3) is 0.761. The van der Waals surface area contributed by atoms with Gasteiger partial charge < -0.3 is 23.8 Å². The molecule has 0 radical (unpaired) electrons. The predicted molar refractivity (Wildman–Crippen MR) is 224 cm³/mol. The number of carbonyl (C=O) groups excluding carboxylic acids is 2. The van der Waals surface area contributed by atoms with E-state index in [0.29, 0.717) is 19.3 Å². The molecule has 0 rings (SSSR count). The van der Waals surface area contributed by atoms with E-state index in [4.69, 9.17) is 14.2 Å². The first-order valence-electron chi connectivity index (χ1n) is 21.7. The molecular weight excluding hydrogens is 679 g/mol. The number of rotatable bonds is 38. The Bertz CT molecular complexity index is 1030. The lowest BCUT2D eigenvalue weighted by molar-refractivity contribution is -0.887. The molecule has 54 heavy (non-hydrogen) atoms. The average Bonchev–Trinajstić information content (AvgIpc) is 3.12. The van der Waals surface area contributed by atoms with Gasteiger partial charge in [-0.25, -0.2) is 4.79 Å². The molecule has 8 nitrogen and oxygen atoms in total. The van der Waals surface area contributed by atoms with Gasteiger partial charge in [0.05, 0.1) is 34.4 Å². The third-order valence-electron chi connectivity index (χ3n) is 9.52. The van der Waals surface area contributed by atoms with Crippen molar-refractivity contribution < 1.29 is 38.2 Å². The monoisotopic (exact) mass is 761 g/mol. The molecule has 0 aromatic rings. The maximum atomic E-state index is 12.7. The van der Waals surface area contributed by atoms with Gasteiger partial charge in [-0.15, -0.1) is 0 Å². The summed E-state index contributed by atoms with van der Waals surface area (Å²) in [5.74, 6) is -1.49. The number of carbonyl (C=O) groups is 3. The van der Waals surface area contributed by atoms with Gasteiger partial charge in [-0.1, -0.05) is 146 Å². The highest BCUT2D eigenvalue weighted by Gasteiger charge is 2.31. The molecule has 0 fully saturated rings. The van der Waals surface area contributed by atoms with Crippen LogP contribution in [0, 0.1) is 0 Å². The van der Waals surface area contributed by atoms with Crippen LogP contribution in [0.25, 0.3) is 0 Å². The topological polar surface area (TPSA) is 99.1 Å². The molecule has 0 bridgehead atoms. The third kappa shape index (κ3) is 35.0. The summed E-state index contributed by atoms with van der Waals surface area (Å²) in [4.78, 5) is 36.9. The third-order valence-corrected chi connectivity index (χ3v) is 9.52. The van der Waals surface area contributed by atoms with Crippen LogP contribution in [-0.2, 0) is 28.6 Å². The highest BCUT2D eigenvalue weighted by molar-refractivity contribution is 5.72. The van der Waals surface area contributed by atoms with Crippen LogP contribution in [0.4, 0.5) is 0 Å². The predicted octanol–water partition coefficient (Wildman–Crippen LogP) is 11.6. The molecule has 0 aromatic carbocycles. The molecule has 8 heteroatoms. The Labute approximate surface area is 331 Å². The molecule has 0 amide bonds. The maximum absolute atomic E-state index is 12.7. The van der Waals surface area contributed by atoms with Crippen molar-refractivity contribution in [2.45, 2.75) is 187 Å². The number of carboxylic acids is 1. The van der Waals surface area contributed by atoms with E-state index in [9.17, 15) is 19.5 Å². The number of nitrogens with zero attached hydrogens (tertiary/aromatic N) is 1. The number of aliphatic carboxylic acids is 1. The largest absolute Gasteiger partial charge is 0.477 e. The van der Waals surface area contributed by atoms with Gasteiger partial charge >= 0.3 is 17.9 Å². The lowest BCUT2D eigenvalue weighted by atomic mass is 10.1. The minimum absolute atomic E-state index is 0.0542. The first-order chi connectivity index (χ1) is 26.1. The van der Waals surface area contributed by atoms with Gasteiger partial charge in [0.15, 0.2) is 12.1 Å².